The minimum atomic E-state index is -1.38. The molecule has 4 heteroatoms. The Bertz CT molecular complexity index is 994. The summed E-state index contributed by atoms with van der Waals surface area (Å²) in [6, 6.07) is 10.0. The average Bonchev–Trinajstić information content (AvgIpc) is 2.69. The quantitative estimate of drug-likeness (QED) is 0.373. The van der Waals surface area contributed by atoms with E-state index in [0.717, 1.165) is 24.3 Å². The van der Waals surface area contributed by atoms with Crippen LogP contribution in [0.4, 0.5) is 0 Å². The van der Waals surface area contributed by atoms with Crippen molar-refractivity contribution < 1.29 is 9.05 Å². The van der Waals surface area contributed by atoms with Crippen LogP contribution in [0.5, 0.6) is 11.5 Å². The second kappa shape index (κ2) is 10.7. The molecule has 3 nitrogen and oxygen atoms in total. The largest absolute Gasteiger partial charge is 0.427 e. The van der Waals surface area contributed by atoms with Gasteiger partial charge in [0.05, 0.1) is 0 Å². The summed E-state index contributed by atoms with van der Waals surface area (Å²) < 4.78 is 16.4. The van der Waals surface area contributed by atoms with Gasteiger partial charge in [0.1, 0.15) is 11.5 Å². The van der Waals surface area contributed by atoms with Crippen molar-refractivity contribution in [2.24, 2.45) is 0 Å². The van der Waals surface area contributed by atoms with Gasteiger partial charge in [0, 0.05) is 29.1 Å². The smallest absolute Gasteiger partial charge is 0.385 e. The SMILES string of the molecule is CCCC1c2cc(C(C)(C)C)c(cc2C)OP(N(C(C)C)C(C)C)Oc2cc(C)c1cc2C(C)(C)C. The van der Waals surface area contributed by atoms with Crippen LogP contribution in [-0.4, -0.2) is 16.8 Å². The maximum atomic E-state index is 6.99. The van der Waals surface area contributed by atoms with Crippen molar-refractivity contribution in [1.82, 2.24) is 4.67 Å². The van der Waals surface area contributed by atoms with Gasteiger partial charge in [-0.05, 0) is 93.2 Å². The maximum absolute atomic E-state index is 6.99. The minimum Gasteiger partial charge on any atom is -0.427 e. The molecular weight excluding hydrogens is 461 g/mol. The van der Waals surface area contributed by atoms with Crippen LogP contribution in [0.1, 0.15) is 128 Å². The topological polar surface area (TPSA) is 21.7 Å². The standard InChI is InChI=1S/C32H50NO2P/c1-14-15-24-25-18-27(31(8,9)10)29(16-22(25)6)34-36(33(20(2)3)21(4)5)35-30-17-23(7)26(24)19-28(30)32(11,12)13/h16-21,24H,14-15H2,1-13H3. The predicted molar refractivity (Wildman–Crippen MR) is 157 cm³/mol. The Morgan fingerprint density at radius 1 is 0.750 bits per heavy atom. The molecule has 0 fully saturated rings. The number of hydrogen-bond donors (Lipinski definition) is 0. The molecule has 2 aromatic carbocycles. The Morgan fingerprint density at radius 2 is 1.14 bits per heavy atom. The molecule has 4 aliphatic rings. The molecule has 2 aromatic rings. The lowest BCUT2D eigenvalue weighted by Gasteiger charge is -2.38. The van der Waals surface area contributed by atoms with E-state index in [1.54, 1.807) is 0 Å². The molecule has 0 saturated carbocycles. The van der Waals surface area contributed by atoms with Crippen LogP contribution in [0.3, 0.4) is 0 Å². The summed E-state index contributed by atoms with van der Waals surface area (Å²) in [5.74, 6) is 2.27. The number of benzene rings is 2. The minimum absolute atomic E-state index is 0.0473. The van der Waals surface area contributed by atoms with Crippen LogP contribution in [0.25, 0.3) is 0 Å². The fraction of sp³-hybridized carbons (Fsp3) is 0.625. The summed E-state index contributed by atoms with van der Waals surface area (Å²) in [5.41, 5.74) is 7.89. The highest BCUT2D eigenvalue weighted by atomic mass is 31.2. The fourth-order valence-corrected chi connectivity index (χ4v) is 7.11. The molecule has 0 amide bonds. The van der Waals surface area contributed by atoms with E-state index in [0.29, 0.717) is 5.92 Å². The molecule has 0 unspecified atom stereocenters. The molecular formula is C32H50NO2P. The van der Waals surface area contributed by atoms with Crippen molar-refractivity contribution in [1.29, 1.82) is 0 Å². The molecule has 0 N–H and O–H groups in total. The molecule has 0 aromatic heterocycles. The second-order valence-corrected chi connectivity index (χ2v) is 14.5. The lowest BCUT2D eigenvalue weighted by atomic mass is 9.76. The van der Waals surface area contributed by atoms with Crippen molar-refractivity contribution in [2.45, 2.75) is 132 Å². The van der Waals surface area contributed by atoms with Crippen molar-refractivity contribution in [3.63, 3.8) is 0 Å². The zero-order chi connectivity index (χ0) is 27.2. The van der Waals surface area contributed by atoms with E-state index in [2.05, 4.69) is 119 Å². The van der Waals surface area contributed by atoms with Crippen molar-refractivity contribution in [2.75, 3.05) is 0 Å². The van der Waals surface area contributed by atoms with Crippen LogP contribution < -0.4 is 9.05 Å². The molecule has 0 radical (unpaired) electrons. The monoisotopic (exact) mass is 511 g/mol. The molecule has 0 aliphatic carbocycles. The number of aryl methyl sites for hydroxylation is 2. The van der Waals surface area contributed by atoms with Gasteiger partial charge >= 0.3 is 8.53 Å². The summed E-state index contributed by atoms with van der Waals surface area (Å²) in [6.45, 7) is 29.5. The normalized spacial score (nSPS) is 18.4. The fourth-order valence-electron chi connectivity index (χ4n) is 5.49. The lowest BCUT2D eigenvalue weighted by molar-refractivity contribution is 0.264. The van der Waals surface area contributed by atoms with E-state index in [-0.39, 0.29) is 22.9 Å². The van der Waals surface area contributed by atoms with Gasteiger partial charge in [0.2, 0.25) is 0 Å². The van der Waals surface area contributed by atoms with E-state index >= 15 is 0 Å². The molecule has 4 aliphatic heterocycles. The third-order valence-corrected chi connectivity index (χ3v) is 9.29. The second-order valence-electron chi connectivity index (χ2n) is 13.2. The van der Waals surface area contributed by atoms with Crippen LogP contribution in [-0.2, 0) is 10.8 Å². The Morgan fingerprint density at radius 3 is 1.44 bits per heavy atom. The van der Waals surface area contributed by atoms with Gasteiger partial charge in [0.25, 0.3) is 0 Å². The van der Waals surface area contributed by atoms with Gasteiger partial charge < -0.3 is 9.05 Å². The molecule has 0 spiro atoms. The highest BCUT2D eigenvalue weighted by molar-refractivity contribution is 7.45. The molecule has 36 heavy (non-hydrogen) atoms. The average molecular weight is 512 g/mol. The zero-order valence-corrected chi connectivity index (χ0v) is 26.1. The number of nitrogens with zero attached hydrogens (tertiary/aromatic N) is 1. The highest BCUT2D eigenvalue weighted by Gasteiger charge is 2.36. The molecule has 0 saturated heterocycles. The van der Waals surface area contributed by atoms with Gasteiger partial charge in [0.15, 0.2) is 0 Å². The molecule has 4 bridgehead atoms. The Balaban J connectivity index is 2.44. The first-order valence-electron chi connectivity index (χ1n) is 13.8. The third kappa shape index (κ3) is 5.94. The number of rotatable bonds is 5. The molecule has 0 atom stereocenters. The van der Waals surface area contributed by atoms with Gasteiger partial charge in [-0.15, -0.1) is 0 Å². The third-order valence-electron chi connectivity index (χ3n) is 7.28. The first-order valence-corrected chi connectivity index (χ1v) is 14.9. The molecule has 200 valence electrons. The lowest BCUT2D eigenvalue weighted by Crippen LogP contribution is -2.35. The summed E-state index contributed by atoms with van der Waals surface area (Å²) >= 11 is 0. The van der Waals surface area contributed by atoms with Crippen molar-refractivity contribution >= 4 is 8.53 Å². The van der Waals surface area contributed by atoms with Gasteiger partial charge in [-0.1, -0.05) is 67.0 Å². The molecule has 6 rings (SSSR count). The molecule has 4 heterocycles. The van der Waals surface area contributed by atoms with Crippen LogP contribution in [0.15, 0.2) is 24.3 Å². The predicted octanol–water partition coefficient (Wildman–Crippen LogP) is 9.95. The van der Waals surface area contributed by atoms with Crippen LogP contribution in [0.2, 0.25) is 0 Å². The van der Waals surface area contributed by atoms with Gasteiger partial charge in [-0.25, -0.2) is 4.67 Å². The van der Waals surface area contributed by atoms with E-state index in [1.807, 2.05) is 0 Å². The van der Waals surface area contributed by atoms with E-state index in [4.69, 9.17) is 9.05 Å². The number of hydrogen-bond acceptors (Lipinski definition) is 3. The van der Waals surface area contributed by atoms with Crippen molar-refractivity contribution in [3.8, 4) is 11.5 Å². The highest BCUT2D eigenvalue weighted by Crippen LogP contribution is 2.53. The summed E-state index contributed by atoms with van der Waals surface area (Å²) in [7, 11) is -1.38. The van der Waals surface area contributed by atoms with Gasteiger partial charge in [-0.2, -0.15) is 0 Å². The summed E-state index contributed by atoms with van der Waals surface area (Å²) in [5, 5.41) is 0. The van der Waals surface area contributed by atoms with Gasteiger partial charge in [-0.3, -0.25) is 0 Å². The Labute approximate surface area is 222 Å². The van der Waals surface area contributed by atoms with Crippen LogP contribution in [0, 0.1) is 13.8 Å². The first kappa shape index (κ1) is 29.0. The first-order chi connectivity index (χ1) is 16.6. The van der Waals surface area contributed by atoms with E-state index in [9.17, 15) is 0 Å². The van der Waals surface area contributed by atoms with Crippen LogP contribution >= 0.6 is 8.53 Å². The summed E-state index contributed by atoms with van der Waals surface area (Å²) in [6.07, 6.45) is 2.26. The Hall–Kier alpha value is -1.57. The maximum Gasteiger partial charge on any atom is 0.385 e. The zero-order valence-electron chi connectivity index (χ0n) is 25.2. The van der Waals surface area contributed by atoms with E-state index < -0.39 is 8.53 Å². The summed E-state index contributed by atoms with van der Waals surface area (Å²) in [4.78, 5) is 0. The van der Waals surface area contributed by atoms with Crippen molar-refractivity contribution in [3.05, 3.63) is 57.6 Å². The Kier molecular flexibility index (Phi) is 8.59. The van der Waals surface area contributed by atoms with E-state index in [1.165, 1.54) is 33.4 Å².